The van der Waals surface area contributed by atoms with Crippen LogP contribution in [0.15, 0.2) is 36.5 Å². The molecular weight excluding hydrogens is 229 g/mol. The second-order valence-corrected chi connectivity index (χ2v) is 4.34. The minimum atomic E-state index is -0.318. The molecule has 92 valence electrons. The molecule has 0 saturated carbocycles. The van der Waals surface area contributed by atoms with E-state index in [1.165, 1.54) is 12.1 Å². The number of pyridine rings is 1. The summed E-state index contributed by atoms with van der Waals surface area (Å²) in [6.07, 6.45) is 1.78. The molecule has 2 aromatic rings. The van der Waals surface area contributed by atoms with Crippen molar-refractivity contribution in [3.63, 3.8) is 0 Å². The van der Waals surface area contributed by atoms with Crippen LogP contribution >= 0.6 is 0 Å². The predicted molar refractivity (Wildman–Crippen MR) is 68.1 cm³/mol. The lowest BCUT2D eigenvalue weighted by Gasteiger charge is -2.06. The van der Waals surface area contributed by atoms with Crippen molar-refractivity contribution in [1.29, 1.82) is 0 Å². The Labute approximate surface area is 105 Å². The van der Waals surface area contributed by atoms with Gasteiger partial charge in [0.25, 0.3) is 0 Å². The maximum Gasteiger partial charge on any atom is 0.185 e. The van der Waals surface area contributed by atoms with Gasteiger partial charge in [-0.05, 0) is 48.7 Å². The number of ketones is 1. The van der Waals surface area contributed by atoms with Crippen molar-refractivity contribution >= 4 is 5.78 Å². The molecule has 1 heterocycles. The monoisotopic (exact) mass is 243 g/mol. The van der Waals surface area contributed by atoms with E-state index in [0.29, 0.717) is 11.3 Å². The molecule has 2 nitrogen and oxygen atoms in total. The van der Waals surface area contributed by atoms with E-state index in [2.05, 4.69) is 4.98 Å². The van der Waals surface area contributed by atoms with Crippen molar-refractivity contribution in [1.82, 2.24) is 4.98 Å². The largest absolute Gasteiger partial charge is 0.292 e. The van der Waals surface area contributed by atoms with Gasteiger partial charge in [0.1, 0.15) is 11.5 Å². The average Bonchev–Trinajstić information content (AvgIpc) is 2.34. The molecule has 3 heteroatoms. The fourth-order valence-corrected chi connectivity index (χ4v) is 1.86. The molecule has 0 radical (unpaired) electrons. The highest BCUT2D eigenvalue weighted by molar-refractivity contribution is 5.97. The minimum absolute atomic E-state index is 0.0817. The minimum Gasteiger partial charge on any atom is -0.292 e. The van der Waals surface area contributed by atoms with Gasteiger partial charge in [-0.15, -0.1) is 0 Å². The highest BCUT2D eigenvalue weighted by Crippen LogP contribution is 2.14. The van der Waals surface area contributed by atoms with E-state index >= 15 is 0 Å². The maximum absolute atomic E-state index is 13.2. The maximum atomic E-state index is 13.2. The summed E-state index contributed by atoms with van der Waals surface area (Å²) in [5.41, 5.74) is 2.93. The molecule has 0 spiro atoms. The van der Waals surface area contributed by atoms with Crippen LogP contribution in [0.2, 0.25) is 0 Å². The van der Waals surface area contributed by atoms with E-state index in [4.69, 9.17) is 0 Å². The Kier molecular flexibility index (Phi) is 3.51. The summed E-state index contributed by atoms with van der Waals surface area (Å²) in [4.78, 5) is 16.2. The molecule has 0 amide bonds. The van der Waals surface area contributed by atoms with Crippen LogP contribution in [0.4, 0.5) is 4.39 Å². The van der Waals surface area contributed by atoms with Crippen molar-refractivity contribution in [3.8, 4) is 0 Å². The van der Waals surface area contributed by atoms with E-state index in [0.717, 1.165) is 11.1 Å². The van der Waals surface area contributed by atoms with Gasteiger partial charge in [-0.1, -0.05) is 12.1 Å². The average molecular weight is 243 g/mol. The molecule has 0 N–H and O–H groups in total. The number of Topliss-reactive ketones (excluding diaryl/α,β-unsaturated/α-hetero) is 1. The highest BCUT2D eigenvalue weighted by atomic mass is 19.1. The Balaban J connectivity index is 2.27. The van der Waals surface area contributed by atoms with Gasteiger partial charge in [0.15, 0.2) is 5.78 Å². The third-order valence-electron chi connectivity index (χ3n) is 2.94. The van der Waals surface area contributed by atoms with Crippen LogP contribution in [0.1, 0.15) is 27.2 Å². The first-order valence-electron chi connectivity index (χ1n) is 5.78. The fourth-order valence-electron chi connectivity index (χ4n) is 1.86. The van der Waals surface area contributed by atoms with Gasteiger partial charge in [-0.2, -0.15) is 0 Å². The SMILES string of the molecule is Cc1ccc(F)cc1CC(=O)c1ncccc1C. The molecule has 1 aromatic heterocycles. The number of carbonyl (C=O) groups is 1. The Morgan fingerprint density at radius 2 is 2.00 bits per heavy atom. The Morgan fingerprint density at radius 3 is 2.72 bits per heavy atom. The lowest BCUT2D eigenvalue weighted by atomic mass is 10.00. The summed E-state index contributed by atoms with van der Waals surface area (Å²) in [5.74, 6) is -0.400. The zero-order chi connectivity index (χ0) is 13.1. The van der Waals surface area contributed by atoms with Crippen LogP contribution in [-0.4, -0.2) is 10.8 Å². The summed E-state index contributed by atoms with van der Waals surface area (Å²) in [7, 11) is 0. The molecule has 18 heavy (non-hydrogen) atoms. The smallest absolute Gasteiger partial charge is 0.185 e. The summed E-state index contributed by atoms with van der Waals surface area (Å²) >= 11 is 0. The van der Waals surface area contributed by atoms with Crippen LogP contribution < -0.4 is 0 Å². The molecule has 0 aliphatic rings. The number of nitrogens with zero attached hydrogens (tertiary/aromatic N) is 1. The first kappa shape index (κ1) is 12.4. The lowest BCUT2D eigenvalue weighted by Crippen LogP contribution is -2.09. The molecule has 0 atom stereocenters. The quantitative estimate of drug-likeness (QED) is 0.774. The van der Waals surface area contributed by atoms with Crippen molar-refractivity contribution in [2.24, 2.45) is 0 Å². The third kappa shape index (κ3) is 2.62. The summed E-state index contributed by atoms with van der Waals surface area (Å²) < 4.78 is 13.2. The Bertz CT molecular complexity index is 593. The van der Waals surface area contributed by atoms with Gasteiger partial charge in [-0.25, -0.2) is 4.39 Å². The second-order valence-electron chi connectivity index (χ2n) is 4.34. The van der Waals surface area contributed by atoms with E-state index < -0.39 is 0 Å². The predicted octanol–water partition coefficient (Wildman–Crippen LogP) is 3.26. The summed E-state index contributed by atoms with van der Waals surface area (Å²) in [6.45, 7) is 3.71. The van der Waals surface area contributed by atoms with Gasteiger partial charge in [0.2, 0.25) is 0 Å². The van der Waals surface area contributed by atoms with Crippen LogP contribution in [0, 0.1) is 19.7 Å². The molecule has 0 bridgehead atoms. The van der Waals surface area contributed by atoms with Crippen LogP contribution in [0.3, 0.4) is 0 Å². The first-order chi connectivity index (χ1) is 8.58. The van der Waals surface area contributed by atoms with E-state index in [9.17, 15) is 9.18 Å². The van der Waals surface area contributed by atoms with E-state index in [-0.39, 0.29) is 18.0 Å². The van der Waals surface area contributed by atoms with Crippen LogP contribution in [0.5, 0.6) is 0 Å². The van der Waals surface area contributed by atoms with Crippen molar-refractivity contribution in [2.45, 2.75) is 20.3 Å². The highest BCUT2D eigenvalue weighted by Gasteiger charge is 2.12. The van der Waals surface area contributed by atoms with E-state index in [1.54, 1.807) is 18.3 Å². The molecular formula is C15H14FNO. The zero-order valence-electron chi connectivity index (χ0n) is 10.4. The van der Waals surface area contributed by atoms with Crippen molar-refractivity contribution in [2.75, 3.05) is 0 Å². The number of aryl methyl sites for hydroxylation is 2. The first-order valence-corrected chi connectivity index (χ1v) is 5.78. The number of carbonyl (C=O) groups excluding carboxylic acids is 1. The lowest BCUT2D eigenvalue weighted by molar-refractivity contribution is 0.0987. The molecule has 0 unspecified atom stereocenters. The molecule has 0 fully saturated rings. The third-order valence-corrected chi connectivity index (χ3v) is 2.94. The van der Waals surface area contributed by atoms with Gasteiger partial charge in [-0.3, -0.25) is 9.78 Å². The number of rotatable bonds is 3. The number of hydrogen-bond donors (Lipinski definition) is 0. The number of aromatic nitrogens is 1. The number of halogens is 1. The van der Waals surface area contributed by atoms with Crippen LogP contribution in [0.25, 0.3) is 0 Å². The molecule has 0 aliphatic heterocycles. The molecule has 1 aromatic carbocycles. The van der Waals surface area contributed by atoms with Gasteiger partial charge >= 0.3 is 0 Å². The number of hydrogen-bond acceptors (Lipinski definition) is 2. The van der Waals surface area contributed by atoms with E-state index in [1.807, 2.05) is 19.9 Å². The Hall–Kier alpha value is -2.03. The fraction of sp³-hybridized carbons (Fsp3) is 0.200. The second kappa shape index (κ2) is 5.08. The zero-order valence-corrected chi connectivity index (χ0v) is 10.4. The Morgan fingerprint density at radius 1 is 1.22 bits per heavy atom. The van der Waals surface area contributed by atoms with Crippen LogP contribution in [-0.2, 0) is 6.42 Å². The number of benzene rings is 1. The van der Waals surface area contributed by atoms with Gasteiger partial charge < -0.3 is 0 Å². The topological polar surface area (TPSA) is 30.0 Å². The summed E-state index contributed by atoms with van der Waals surface area (Å²) in [6, 6.07) is 8.13. The van der Waals surface area contributed by atoms with Crippen molar-refractivity contribution in [3.05, 3.63) is 64.7 Å². The summed E-state index contributed by atoms with van der Waals surface area (Å²) in [5, 5.41) is 0. The van der Waals surface area contributed by atoms with Crippen molar-refractivity contribution < 1.29 is 9.18 Å². The normalized spacial score (nSPS) is 10.4. The standard InChI is InChI=1S/C15H14FNO/c1-10-5-6-13(16)8-12(10)9-14(18)15-11(2)4-3-7-17-15/h3-8H,9H2,1-2H3. The molecule has 0 saturated heterocycles. The van der Waals surface area contributed by atoms with Gasteiger partial charge in [0.05, 0.1) is 0 Å². The van der Waals surface area contributed by atoms with Gasteiger partial charge in [0, 0.05) is 12.6 Å². The molecule has 0 aliphatic carbocycles. The molecule has 2 rings (SSSR count).